The van der Waals surface area contributed by atoms with Crippen LogP contribution in [0.25, 0.3) is 5.69 Å². The van der Waals surface area contributed by atoms with E-state index in [1.54, 1.807) is 36.4 Å². The van der Waals surface area contributed by atoms with Crippen LogP contribution in [0, 0.1) is 0 Å². The minimum atomic E-state index is -0.676. The molecule has 0 aliphatic rings. The molecule has 128 valence electrons. The fourth-order valence-electron chi connectivity index (χ4n) is 2.03. The molecule has 0 radical (unpaired) electrons. The Morgan fingerprint density at radius 1 is 1.16 bits per heavy atom. The molecule has 0 aliphatic carbocycles. The summed E-state index contributed by atoms with van der Waals surface area (Å²) in [6.45, 7) is 0. The van der Waals surface area contributed by atoms with Crippen LogP contribution < -0.4 is 15.8 Å². The molecule has 0 saturated heterocycles. The number of carbonyl (C=O) groups is 1. The van der Waals surface area contributed by atoms with E-state index in [4.69, 9.17) is 32.4 Å². The number of ether oxygens (including phenoxy) is 1. The average Bonchev–Trinajstić information content (AvgIpc) is 2.99. The van der Waals surface area contributed by atoms with Crippen molar-refractivity contribution < 1.29 is 13.9 Å². The zero-order valence-corrected chi connectivity index (χ0v) is 14.3. The van der Waals surface area contributed by atoms with Crippen molar-refractivity contribution in [3.8, 4) is 11.8 Å². The number of aromatic nitrogens is 2. The first kappa shape index (κ1) is 17.1. The van der Waals surface area contributed by atoms with Gasteiger partial charge in [-0.1, -0.05) is 28.3 Å². The topological polar surface area (TPSA) is 86.4 Å². The third kappa shape index (κ3) is 3.67. The van der Waals surface area contributed by atoms with Gasteiger partial charge >= 0.3 is 11.8 Å². The SMILES string of the molecule is COc1nn(-c2ccc(NC(=O)c3ccc(Cl)c(Cl)c3)cc2)c(=O)o1. The minimum Gasteiger partial charge on any atom is -0.452 e. The van der Waals surface area contributed by atoms with Crippen LogP contribution in [0.1, 0.15) is 10.4 Å². The number of hydrogen-bond acceptors (Lipinski definition) is 5. The predicted molar refractivity (Wildman–Crippen MR) is 93.1 cm³/mol. The lowest BCUT2D eigenvalue weighted by atomic mass is 10.2. The number of halogens is 2. The summed E-state index contributed by atoms with van der Waals surface area (Å²) in [6.07, 6.45) is -0.137. The number of methoxy groups -OCH3 is 1. The Bertz CT molecular complexity index is 980. The third-order valence-electron chi connectivity index (χ3n) is 3.26. The number of benzene rings is 2. The summed E-state index contributed by atoms with van der Waals surface area (Å²) < 4.78 is 10.6. The molecule has 1 N–H and O–H groups in total. The van der Waals surface area contributed by atoms with Gasteiger partial charge in [-0.15, -0.1) is 0 Å². The molecule has 2 aromatic carbocycles. The number of carbonyl (C=O) groups excluding carboxylic acids is 1. The van der Waals surface area contributed by atoms with E-state index < -0.39 is 5.76 Å². The van der Waals surface area contributed by atoms with Gasteiger partial charge in [-0.3, -0.25) is 4.79 Å². The van der Waals surface area contributed by atoms with Gasteiger partial charge in [0.1, 0.15) is 0 Å². The van der Waals surface area contributed by atoms with Gasteiger partial charge in [0.25, 0.3) is 5.91 Å². The molecule has 1 amide bonds. The Morgan fingerprint density at radius 3 is 2.48 bits per heavy atom. The molecule has 0 bridgehead atoms. The number of anilines is 1. The number of amides is 1. The highest BCUT2D eigenvalue weighted by Crippen LogP contribution is 2.23. The summed E-state index contributed by atoms with van der Waals surface area (Å²) in [7, 11) is 1.34. The second kappa shape index (κ2) is 7.00. The number of nitrogens with one attached hydrogen (secondary N) is 1. The quantitative estimate of drug-likeness (QED) is 0.750. The Labute approximate surface area is 151 Å². The van der Waals surface area contributed by atoms with Crippen molar-refractivity contribution in [2.45, 2.75) is 0 Å². The maximum Gasteiger partial charge on any atom is 0.444 e. The summed E-state index contributed by atoms with van der Waals surface area (Å²) in [5, 5.41) is 7.24. The van der Waals surface area contributed by atoms with Crippen LogP contribution in [0.3, 0.4) is 0 Å². The lowest BCUT2D eigenvalue weighted by Gasteiger charge is -2.07. The zero-order chi connectivity index (χ0) is 18.0. The van der Waals surface area contributed by atoms with Crippen molar-refractivity contribution in [2.75, 3.05) is 12.4 Å². The summed E-state index contributed by atoms with van der Waals surface area (Å²) >= 11 is 11.7. The molecule has 0 spiro atoms. The maximum atomic E-state index is 12.2. The van der Waals surface area contributed by atoms with Crippen LogP contribution in [0.15, 0.2) is 51.7 Å². The van der Waals surface area contributed by atoms with E-state index in [-0.39, 0.29) is 12.0 Å². The zero-order valence-electron chi connectivity index (χ0n) is 12.8. The molecule has 0 saturated carbocycles. The van der Waals surface area contributed by atoms with E-state index in [2.05, 4.69) is 10.4 Å². The first-order valence-electron chi connectivity index (χ1n) is 6.99. The molecular weight excluding hydrogens is 369 g/mol. The van der Waals surface area contributed by atoms with E-state index in [1.165, 1.54) is 13.2 Å². The van der Waals surface area contributed by atoms with Crippen LogP contribution in [-0.2, 0) is 0 Å². The van der Waals surface area contributed by atoms with Gasteiger partial charge in [-0.05, 0) is 42.5 Å². The van der Waals surface area contributed by atoms with E-state index in [0.29, 0.717) is 27.0 Å². The molecule has 7 nitrogen and oxygen atoms in total. The van der Waals surface area contributed by atoms with E-state index in [0.717, 1.165) is 4.68 Å². The molecule has 1 heterocycles. The van der Waals surface area contributed by atoms with Crippen LogP contribution >= 0.6 is 23.2 Å². The van der Waals surface area contributed by atoms with Gasteiger partial charge in [0.05, 0.1) is 22.8 Å². The molecule has 25 heavy (non-hydrogen) atoms. The van der Waals surface area contributed by atoms with Crippen molar-refractivity contribution in [1.82, 2.24) is 9.78 Å². The standard InChI is InChI=1S/C16H11Cl2N3O4/c1-24-15-20-21(16(23)25-15)11-5-3-10(4-6-11)19-14(22)9-2-7-12(17)13(18)8-9/h2-8H,1H3,(H,19,22). The molecule has 3 rings (SSSR count). The summed E-state index contributed by atoms with van der Waals surface area (Å²) in [5.74, 6) is -1.02. The van der Waals surface area contributed by atoms with Crippen molar-refractivity contribution in [1.29, 1.82) is 0 Å². The van der Waals surface area contributed by atoms with Gasteiger partial charge < -0.3 is 14.5 Å². The predicted octanol–water partition coefficient (Wildman–Crippen LogP) is 3.39. The van der Waals surface area contributed by atoms with Gasteiger partial charge in [-0.25, -0.2) is 4.79 Å². The second-order valence-corrected chi connectivity index (χ2v) is 5.69. The first-order valence-corrected chi connectivity index (χ1v) is 7.74. The first-order chi connectivity index (χ1) is 12.0. The molecule has 1 aromatic heterocycles. The molecule has 0 unspecified atom stereocenters. The molecule has 9 heteroatoms. The minimum absolute atomic E-state index is 0.137. The molecule has 0 aliphatic heterocycles. The Kier molecular flexibility index (Phi) is 4.78. The molecule has 3 aromatic rings. The van der Waals surface area contributed by atoms with E-state index in [1.807, 2.05) is 0 Å². The van der Waals surface area contributed by atoms with E-state index >= 15 is 0 Å². The number of nitrogens with zero attached hydrogens (tertiary/aromatic N) is 2. The molecular formula is C16H11Cl2N3O4. The molecule has 0 fully saturated rings. The van der Waals surface area contributed by atoms with Crippen LogP contribution in [-0.4, -0.2) is 22.8 Å². The van der Waals surface area contributed by atoms with Crippen molar-refractivity contribution in [3.05, 3.63) is 68.6 Å². The monoisotopic (exact) mass is 379 g/mol. The normalized spacial score (nSPS) is 10.5. The fourth-order valence-corrected chi connectivity index (χ4v) is 2.33. The van der Waals surface area contributed by atoms with Crippen LogP contribution in [0.4, 0.5) is 5.69 Å². The number of hydrogen-bond donors (Lipinski definition) is 1. The lowest BCUT2D eigenvalue weighted by molar-refractivity contribution is 0.102. The van der Waals surface area contributed by atoms with Gasteiger partial charge in [0, 0.05) is 11.3 Å². The maximum absolute atomic E-state index is 12.2. The van der Waals surface area contributed by atoms with Gasteiger partial charge in [-0.2, -0.15) is 4.68 Å². The summed E-state index contributed by atoms with van der Waals surface area (Å²) in [6, 6.07) is 11.1. The van der Waals surface area contributed by atoms with Crippen LogP contribution in [0.5, 0.6) is 6.08 Å². The highest BCUT2D eigenvalue weighted by Gasteiger charge is 2.11. The fraction of sp³-hybridized carbons (Fsp3) is 0.0625. The largest absolute Gasteiger partial charge is 0.452 e. The lowest BCUT2D eigenvalue weighted by Crippen LogP contribution is -2.14. The van der Waals surface area contributed by atoms with E-state index in [9.17, 15) is 9.59 Å². The van der Waals surface area contributed by atoms with Crippen molar-refractivity contribution >= 4 is 34.8 Å². The van der Waals surface area contributed by atoms with Crippen molar-refractivity contribution in [3.63, 3.8) is 0 Å². The summed E-state index contributed by atoms with van der Waals surface area (Å²) in [4.78, 5) is 23.9. The Balaban J connectivity index is 1.78. The smallest absolute Gasteiger partial charge is 0.444 e. The third-order valence-corrected chi connectivity index (χ3v) is 3.99. The van der Waals surface area contributed by atoms with Gasteiger partial charge in [0.2, 0.25) is 0 Å². The second-order valence-electron chi connectivity index (χ2n) is 4.88. The average molecular weight is 380 g/mol. The highest BCUT2D eigenvalue weighted by molar-refractivity contribution is 6.42. The molecule has 0 atom stereocenters. The van der Waals surface area contributed by atoms with Crippen LogP contribution in [0.2, 0.25) is 10.0 Å². The van der Waals surface area contributed by atoms with Gasteiger partial charge in [0.15, 0.2) is 0 Å². The number of rotatable bonds is 4. The Morgan fingerprint density at radius 2 is 1.88 bits per heavy atom. The Hall–Kier alpha value is -2.77. The highest BCUT2D eigenvalue weighted by atomic mass is 35.5. The summed E-state index contributed by atoms with van der Waals surface area (Å²) in [5.41, 5.74) is 1.36. The van der Waals surface area contributed by atoms with Crippen molar-refractivity contribution in [2.24, 2.45) is 0 Å².